The fourth-order valence-electron chi connectivity index (χ4n) is 2.56. The highest BCUT2D eigenvalue weighted by Gasteiger charge is 2.36. The third-order valence-corrected chi connectivity index (χ3v) is 4.48. The molecule has 5 heteroatoms. The van der Waals surface area contributed by atoms with E-state index in [4.69, 9.17) is 0 Å². The van der Waals surface area contributed by atoms with Crippen LogP contribution in [-0.2, 0) is 9.59 Å². The molecular formula is C16H16N2O2S. The Labute approximate surface area is 127 Å². The molecular weight excluding hydrogens is 284 g/mol. The van der Waals surface area contributed by atoms with E-state index in [1.54, 1.807) is 16.2 Å². The number of amides is 2. The molecule has 3 rings (SSSR count). The highest BCUT2D eigenvalue weighted by molar-refractivity contribution is 7.07. The Hall–Kier alpha value is -2.14. The second-order valence-corrected chi connectivity index (χ2v) is 5.89. The van der Waals surface area contributed by atoms with E-state index < -0.39 is 6.04 Å². The van der Waals surface area contributed by atoms with Crippen molar-refractivity contribution in [3.05, 3.63) is 58.3 Å². The Balaban J connectivity index is 1.88. The van der Waals surface area contributed by atoms with E-state index in [2.05, 4.69) is 5.32 Å². The van der Waals surface area contributed by atoms with Crippen LogP contribution in [0.25, 0.3) is 0 Å². The van der Waals surface area contributed by atoms with Gasteiger partial charge in [-0.15, -0.1) is 0 Å². The van der Waals surface area contributed by atoms with Crippen LogP contribution in [0.5, 0.6) is 0 Å². The van der Waals surface area contributed by atoms with Crippen LogP contribution in [0.15, 0.2) is 47.2 Å². The maximum atomic E-state index is 12.7. The van der Waals surface area contributed by atoms with Gasteiger partial charge in [-0.1, -0.05) is 30.3 Å². The maximum absolute atomic E-state index is 12.7. The number of nitrogens with zero attached hydrogens (tertiary/aromatic N) is 1. The summed E-state index contributed by atoms with van der Waals surface area (Å²) in [4.78, 5) is 26.3. The van der Waals surface area contributed by atoms with Crippen LogP contribution in [-0.4, -0.2) is 23.3 Å². The zero-order valence-electron chi connectivity index (χ0n) is 11.7. The number of rotatable bonds is 3. The normalized spacial score (nSPS) is 20.2. The van der Waals surface area contributed by atoms with Crippen molar-refractivity contribution in [2.24, 2.45) is 0 Å². The number of nitrogens with one attached hydrogen (secondary N) is 1. The number of benzene rings is 1. The number of carbonyl (C=O) groups excluding carboxylic acids is 2. The Morgan fingerprint density at radius 1 is 1.24 bits per heavy atom. The van der Waals surface area contributed by atoms with Gasteiger partial charge >= 0.3 is 0 Å². The molecule has 1 fully saturated rings. The second kappa shape index (κ2) is 5.69. The number of thiophene rings is 1. The molecule has 2 unspecified atom stereocenters. The van der Waals surface area contributed by atoms with E-state index in [0.29, 0.717) is 0 Å². The van der Waals surface area contributed by atoms with E-state index in [9.17, 15) is 9.59 Å². The van der Waals surface area contributed by atoms with E-state index >= 15 is 0 Å². The quantitative estimate of drug-likeness (QED) is 0.947. The molecule has 0 aliphatic carbocycles. The lowest BCUT2D eigenvalue weighted by molar-refractivity contribution is -0.146. The molecule has 1 aromatic heterocycles. The molecule has 1 aliphatic rings. The standard InChI is InChI=1S/C16H16N2O2S/c1-11(13-7-8-21-10-13)18-9-14(19)17-15(16(18)20)12-5-3-2-4-6-12/h2-8,10-11,15H,9H2,1H3,(H,17,19). The molecule has 0 saturated carbocycles. The Kier molecular flexibility index (Phi) is 3.75. The lowest BCUT2D eigenvalue weighted by Gasteiger charge is -2.36. The minimum absolute atomic E-state index is 0.0560. The predicted molar refractivity (Wildman–Crippen MR) is 81.8 cm³/mol. The third kappa shape index (κ3) is 2.69. The second-order valence-electron chi connectivity index (χ2n) is 5.11. The number of hydrogen-bond acceptors (Lipinski definition) is 3. The van der Waals surface area contributed by atoms with Crippen molar-refractivity contribution in [2.45, 2.75) is 19.0 Å². The van der Waals surface area contributed by atoms with Crippen molar-refractivity contribution in [1.29, 1.82) is 0 Å². The Bertz CT molecular complexity index is 640. The van der Waals surface area contributed by atoms with Gasteiger partial charge in [0.25, 0.3) is 5.91 Å². The minimum Gasteiger partial charge on any atom is -0.339 e. The summed E-state index contributed by atoms with van der Waals surface area (Å²) in [5.41, 5.74) is 1.88. The first-order valence-corrected chi connectivity index (χ1v) is 7.78. The van der Waals surface area contributed by atoms with Gasteiger partial charge in [0.15, 0.2) is 0 Å². The average Bonchev–Trinajstić information content (AvgIpc) is 3.04. The molecule has 2 aromatic rings. The summed E-state index contributed by atoms with van der Waals surface area (Å²) >= 11 is 1.59. The molecule has 4 nitrogen and oxygen atoms in total. The van der Waals surface area contributed by atoms with Gasteiger partial charge in [-0.2, -0.15) is 11.3 Å². The molecule has 21 heavy (non-hydrogen) atoms. The van der Waals surface area contributed by atoms with Crippen molar-refractivity contribution < 1.29 is 9.59 Å². The van der Waals surface area contributed by atoms with Gasteiger partial charge in [0, 0.05) is 0 Å². The summed E-state index contributed by atoms with van der Waals surface area (Å²) < 4.78 is 0. The van der Waals surface area contributed by atoms with E-state index in [1.165, 1.54) is 0 Å². The molecule has 2 amide bonds. The lowest BCUT2D eigenvalue weighted by atomic mass is 10.0. The van der Waals surface area contributed by atoms with Gasteiger partial charge in [-0.3, -0.25) is 9.59 Å². The molecule has 2 atom stereocenters. The van der Waals surface area contributed by atoms with Crippen LogP contribution in [0.1, 0.15) is 30.1 Å². The maximum Gasteiger partial charge on any atom is 0.250 e. The van der Waals surface area contributed by atoms with Gasteiger partial charge in [-0.05, 0) is 34.9 Å². The summed E-state index contributed by atoms with van der Waals surface area (Å²) in [6, 6.07) is 10.7. The van der Waals surface area contributed by atoms with Crippen LogP contribution >= 0.6 is 11.3 Å². The SMILES string of the molecule is CC(c1ccsc1)N1CC(=O)NC(c2ccccc2)C1=O. The Morgan fingerprint density at radius 2 is 2.00 bits per heavy atom. The van der Waals surface area contributed by atoms with Gasteiger partial charge in [0.2, 0.25) is 5.91 Å². The smallest absolute Gasteiger partial charge is 0.250 e. The third-order valence-electron chi connectivity index (χ3n) is 3.78. The lowest BCUT2D eigenvalue weighted by Crippen LogP contribution is -2.53. The molecule has 108 valence electrons. The fourth-order valence-corrected chi connectivity index (χ4v) is 3.31. The predicted octanol–water partition coefficient (Wildman–Crippen LogP) is 2.51. The largest absolute Gasteiger partial charge is 0.339 e. The molecule has 1 aromatic carbocycles. The van der Waals surface area contributed by atoms with Gasteiger partial charge in [0.1, 0.15) is 12.6 Å². The highest BCUT2D eigenvalue weighted by Crippen LogP contribution is 2.28. The summed E-state index contributed by atoms with van der Waals surface area (Å²) in [5, 5.41) is 6.78. The average molecular weight is 300 g/mol. The minimum atomic E-state index is -0.589. The van der Waals surface area contributed by atoms with Crippen LogP contribution in [0.3, 0.4) is 0 Å². The van der Waals surface area contributed by atoms with E-state index in [0.717, 1.165) is 11.1 Å². The Morgan fingerprint density at radius 3 is 2.67 bits per heavy atom. The molecule has 0 bridgehead atoms. The van der Waals surface area contributed by atoms with Crippen LogP contribution in [0.2, 0.25) is 0 Å². The molecule has 1 saturated heterocycles. The van der Waals surface area contributed by atoms with Crippen molar-refractivity contribution in [1.82, 2.24) is 10.2 Å². The zero-order valence-corrected chi connectivity index (χ0v) is 12.5. The van der Waals surface area contributed by atoms with Crippen LogP contribution in [0, 0.1) is 0 Å². The first kappa shape index (κ1) is 13.8. The van der Waals surface area contributed by atoms with Crippen LogP contribution in [0.4, 0.5) is 0 Å². The number of carbonyl (C=O) groups is 2. The van der Waals surface area contributed by atoms with Gasteiger partial charge in [0.05, 0.1) is 6.04 Å². The van der Waals surface area contributed by atoms with Gasteiger partial charge < -0.3 is 10.2 Å². The van der Waals surface area contributed by atoms with Crippen LogP contribution < -0.4 is 5.32 Å². The molecule has 1 N–H and O–H groups in total. The molecule has 0 radical (unpaired) electrons. The summed E-state index contributed by atoms with van der Waals surface area (Å²) in [6.45, 7) is 2.07. The van der Waals surface area contributed by atoms with Crippen molar-refractivity contribution in [2.75, 3.05) is 6.54 Å². The van der Waals surface area contributed by atoms with Crippen molar-refractivity contribution >= 4 is 23.2 Å². The molecule has 0 spiro atoms. The van der Waals surface area contributed by atoms with E-state index in [-0.39, 0.29) is 24.4 Å². The fraction of sp³-hybridized carbons (Fsp3) is 0.250. The highest BCUT2D eigenvalue weighted by atomic mass is 32.1. The number of hydrogen-bond donors (Lipinski definition) is 1. The van der Waals surface area contributed by atoms with Crippen molar-refractivity contribution in [3.63, 3.8) is 0 Å². The monoisotopic (exact) mass is 300 g/mol. The van der Waals surface area contributed by atoms with Crippen molar-refractivity contribution in [3.8, 4) is 0 Å². The first-order chi connectivity index (χ1) is 10.2. The molecule has 2 heterocycles. The summed E-state index contributed by atoms with van der Waals surface area (Å²) in [7, 11) is 0. The van der Waals surface area contributed by atoms with Gasteiger partial charge in [-0.25, -0.2) is 0 Å². The zero-order chi connectivity index (χ0) is 14.8. The summed E-state index contributed by atoms with van der Waals surface area (Å²) in [6.07, 6.45) is 0. The molecule has 1 aliphatic heterocycles. The topological polar surface area (TPSA) is 49.4 Å². The summed E-state index contributed by atoms with van der Waals surface area (Å²) in [5.74, 6) is -0.176. The first-order valence-electron chi connectivity index (χ1n) is 6.83. The number of piperazine rings is 1. The van der Waals surface area contributed by atoms with E-state index in [1.807, 2.05) is 54.1 Å².